The van der Waals surface area contributed by atoms with Crippen molar-refractivity contribution in [2.75, 3.05) is 11.9 Å². The quantitative estimate of drug-likeness (QED) is 0.342. The largest absolute Gasteiger partial charge is 0.360 e. The van der Waals surface area contributed by atoms with Crippen LogP contribution >= 0.6 is 23.1 Å². The van der Waals surface area contributed by atoms with Gasteiger partial charge >= 0.3 is 0 Å². The van der Waals surface area contributed by atoms with Gasteiger partial charge in [-0.1, -0.05) is 41.3 Å². The minimum absolute atomic E-state index is 0.0281. The van der Waals surface area contributed by atoms with Crippen molar-refractivity contribution < 1.29 is 0 Å². The maximum atomic E-state index is 13.1. The lowest BCUT2D eigenvalue weighted by Gasteiger charge is -2.12. The second kappa shape index (κ2) is 9.15. The van der Waals surface area contributed by atoms with Crippen LogP contribution in [0.25, 0.3) is 10.9 Å². The summed E-state index contributed by atoms with van der Waals surface area (Å²) >= 11 is 3.03. The average molecular weight is 425 g/mol. The Bertz CT molecular complexity index is 1160. The van der Waals surface area contributed by atoms with Gasteiger partial charge in [-0.25, -0.2) is 4.98 Å². The van der Waals surface area contributed by atoms with E-state index >= 15 is 0 Å². The van der Waals surface area contributed by atoms with Crippen LogP contribution in [-0.2, 0) is 18.7 Å². The van der Waals surface area contributed by atoms with Crippen LogP contribution in [0.4, 0.5) is 5.13 Å². The number of rotatable bonds is 8. The zero-order valence-electron chi connectivity index (χ0n) is 15.9. The summed E-state index contributed by atoms with van der Waals surface area (Å²) in [5.74, 6) is 0.609. The van der Waals surface area contributed by atoms with E-state index in [0.717, 1.165) is 22.4 Å². The molecule has 0 radical (unpaired) electrons. The Hall–Kier alpha value is -2.78. The van der Waals surface area contributed by atoms with E-state index in [9.17, 15) is 4.79 Å². The molecule has 0 atom stereocenters. The molecule has 1 aromatic carbocycles. The number of pyridine rings is 1. The van der Waals surface area contributed by atoms with Crippen molar-refractivity contribution in [1.29, 1.82) is 0 Å². The number of thioether (sulfide) groups is 1. The molecule has 0 aliphatic heterocycles. The standard InChI is InChI=1S/C20H20N6OS2/c1-2-21-19-25-24-17(29-19)13-28-20-23-16-9-4-3-8-15(16)18(27)26(20)12-10-14-7-5-6-11-22-14/h3-9,11H,2,10,12-13H2,1H3,(H,21,25). The van der Waals surface area contributed by atoms with Crippen molar-refractivity contribution in [1.82, 2.24) is 24.7 Å². The fourth-order valence-corrected chi connectivity index (χ4v) is 4.71. The molecule has 0 unspecified atom stereocenters. The molecule has 9 heteroatoms. The number of nitrogens with zero attached hydrogens (tertiary/aromatic N) is 5. The van der Waals surface area contributed by atoms with Crippen molar-refractivity contribution in [3.8, 4) is 0 Å². The number of benzene rings is 1. The maximum Gasteiger partial charge on any atom is 0.262 e. The monoisotopic (exact) mass is 424 g/mol. The summed E-state index contributed by atoms with van der Waals surface area (Å²) in [7, 11) is 0. The lowest BCUT2D eigenvalue weighted by Crippen LogP contribution is -2.24. The van der Waals surface area contributed by atoms with Gasteiger partial charge < -0.3 is 5.32 Å². The van der Waals surface area contributed by atoms with Gasteiger partial charge in [0.15, 0.2) is 5.16 Å². The van der Waals surface area contributed by atoms with Gasteiger partial charge in [0.05, 0.1) is 16.7 Å². The predicted molar refractivity (Wildman–Crippen MR) is 118 cm³/mol. The molecule has 4 rings (SSSR count). The molecule has 0 bridgehead atoms. The third kappa shape index (κ3) is 4.63. The highest BCUT2D eigenvalue weighted by atomic mass is 32.2. The van der Waals surface area contributed by atoms with Crippen LogP contribution in [0.15, 0.2) is 58.6 Å². The van der Waals surface area contributed by atoms with E-state index in [2.05, 4.69) is 20.5 Å². The van der Waals surface area contributed by atoms with Gasteiger partial charge in [-0.2, -0.15) is 0 Å². The van der Waals surface area contributed by atoms with E-state index in [1.54, 1.807) is 10.8 Å². The zero-order chi connectivity index (χ0) is 20.1. The molecule has 7 nitrogen and oxygen atoms in total. The SMILES string of the molecule is CCNc1nnc(CSc2nc3ccccc3c(=O)n2CCc2ccccn2)s1. The van der Waals surface area contributed by atoms with Crippen molar-refractivity contribution in [2.45, 2.75) is 30.8 Å². The Balaban J connectivity index is 1.62. The van der Waals surface area contributed by atoms with Crippen molar-refractivity contribution in [3.05, 3.63) is 69.7 Å². The first-order valence-electron chi connectivity index (χ1n) is 9.33. The number of anilines is 1. The van der Waals surface area contributed by atoms with Gasteiger partial charge in [0.1, 0.15) is 5.01 Å². The van der Waals surface area contributed by atoms with Crippen LogP contribution in [0.3, 0.4) is 0 Å². The predicted octanol–water partition coefficient (Wildman–Crippen LogP) is 3.61. The molecule has 4 aromatic rings. The Morgan fingerprint density at radius 1 is 1.14 bits per heavy atom. The molecular formula is C20H20N6OS2. The molecular weight excluding hydrogens is 404 g/mol. The fourth-order valence-electron chi connectivity index (χ4n) is 2.89. The highest BCUT2D eigenvalue weighted by Gasteiger charge is 2.13. The zero-order valence-corrected chi connectivity index (χ0v) is 17.5. The molecule has 0 saturated heterocycles. The number of hydrogen-bond donors (Lipinski definition) is 1. The van der Waals surface area contributed by atoms with Gasteiger partial charge in [0, 0.05) is 31.4 Å². The van der Waals surface area contributed by atoms with Crippen molar-refractivity contribution in [3.63, 3.8) is 0 Å². The lowest BCUT2D eigenvalue weighted by molar-refractivity contribution is 0.590. The highest BCUT2D eigenvalue weighted by molar-refractivity contribution is 7.98. The molecule has 0 aliphatic rings. The first-order valence-corrected chi connectivity index (χ1v) is 11.1. The smallest absolute Gasteiger partial charge is 0.262 e. The van der Waals surface area contributed by atoms with Gasteiger partial charge in [0.2, 0.25) is 5.13 Å². The Morgan fingerprint density at radius 2 is 2.00 bits per heavy atom. The van der Waals surface area contributed by atoms with Gasteiger partial charge in [0.25, 0.3) is 5.56 Å². The number of fused-ring (bicyclic) bond motifs is 1. The molecule has 0 fully saturated rings. The first kappa shape index (κ1) is 19.5. The molecule has 3 heterocycles. The maximum absolute atomic E-state index is 13.1. The summed E-state index contributed by atoms with van der Waals surface area (Å²) < 4.78 is 1.74. The Kier molecular flexibility index (Phi) is 6.16. The molecule has 0 amide bonds. The molecule has 3 aromatic heterocycles. The number of nitrogens with one attached hydrogen (secondary N) is 1. The first-order chi connectivity index (χ1) is 14.2. The van der Waals surface area contributed by atoms with Gasteiger partial charge in [-0.15, -0.1) is 10.2 Å². The summed E-state index contributed by atoms with van der Waals surface area (Å²) in [6, 6.07) is 13.3. The number of hydrogen-bond acceptors (Lipinski definition) is 8. The molecule has 0 saturated carbocycles. The van der Waals surface area contributed by atoms with Gasteiger partial charge in [-0.3, -0.25) is 14.3 Å². The molecule has 29 heavy (non-hydrogen) atoms. The van der Waals surface area contributed by atoms with Gasteiger partial charge in [-0.05, 0) is 31.2 Å². The van der Waals surface area contributed by atoms with E-state index in [0.29, 0.717) is 34.8 Å². The summed E-state index contributed by atoms with van der Waals surface area (Å²) in [6.07, 6.45) is 2.43. The van der Waals surface area contributed by atoms with E-state index in [-0.39, 0.29) is 5.56 Å². The minimum Gasteiger partial charge on any atom is -0.360 e. The average Bonchev–Trinajstić information content (AvgIpc) is 3.20. The Labute approximate surface area is 176 Å². The van der Waals surface area contributed by atoms with Crippen LogP contribution in [0.1, 0.15) is 17.6 Å². The summed E-state index contributed by atoms with van der Waals surface area (Å²) in [5.41, 5.74) is 1.63. The Morgan fingerprint density at radius 3 is 2.83 bits per heavy atom. The molecule has 0 aliphatic carbocycles. The van der Waals surface area contributed by atoms with Crippen molar-refractivity contribution >= 4 is 39.1 Å². The third-order valence-electron chi connectivity index (χ3n) is 4.26. The fraction of sp³-hybridized carbons (Fsp3) is 0.250. The second-order valence-corrected chi connectivity index (χ2v) is 8.26. The third-order valence-corrected chi connectivity index (χ3v) is 6.32. The lowest BCUT2D eigenvalue weighted by atomic mass is 10.2. The highest BCUT2D eigenvalue weighted by Crippen LogP contribution is 2.25. The summed E-state index contributed by atoms with van der Waals surface area (Å²) in [4.78, 5) is 22.2. The number of aryl methyl sites for hydroxylation is 1. The minimum atomic E-state index is -0.0281. The molecule has 148 valence electrons. The summed E-state index contributed by atoms with van der Waals surface area (Å²) in [6.45, 7) is 3.35. The van der Waals surface area contributed by atoms with Crippen LogP contribution in [0, 0.1) is 0 Å². The molecule has 0 spiro atoms. The normalized spacial score (nSPS) is 11.1. The number of aromatic nitrogens is 5. The second-order valence-electron chi connectivity index (χ2n) is 6.26. The van der Waals surface area contributed by atoms with E-state index in [1.807, 2.05) is 49.4 Å². The van der Waals surface area contributed by atoms with Crippen LogP contribution < -0.4 is 10.9 Å². The number of para-hydroxylation sites is 1. The van der Waals surface area contributed by atoms with Crippen molar-refractivity contribution in [2.24, 2.45) is 0 Å². The van der Waals surface area contributed by atoms with E-state index in [4.69, 9.17) is 4.98 Å². The molecule has 1 N–H and O–H groups in total. The van der Waals surface area contributed by atoms with E-state index in [1.165, 1.54) is 23.1 Å². The van der Waals surface area contributed by atoms with Crippen LogP contribution in [-0.4, -0.2) is 31.3 Å². The topological polar surface area (TPSA) is 85.6 Å². The van der Waals surface area contributed by atoms with Crippen LogP contribution in [0.5, 0.6) is 0 Å². The summed E-state index contributed by atoms with van der Waals surface area (Å²) in [5, 5.41) is 14.5. The van der Waals surface area contributed by atoms with Crippen LogP contribution in [0.2, 0.25) is 0 Å². The van der Waals surface area contributed by atoms with E-state index < -0.39 is 0 Å².